The lowest BCUT2D eigenvalue weighted by Crippen LogP contribution is -2.32. The quantitative estimate of drug-likeness (QED) is 0.0921. The van der Waals surface area contributed by atoms with E-state index in [2.05, 4.69) is 81.0 Å². The van der Waals surface area contributed by atoms with Crippen molar-refractivity contribution in [1.82, 2.24) is 19.9 Å². The highest BCUT2D eigenvalue weighted by Gasteiger charge is 2.23. The molecule has 0 N–H and O–H groups in total. The summed E-state index contributed by atoms with van der Waals surface area (Å²) < 4.78 is 4.53. The smallest absolute Gasteiger partial charge is 0.326 e. The minimum atomic E-state index is -0.171. The van der Waals surface area contributed by atoms with Crippen molar-refractivity contribution in [3.8, 4) is 0 Å². The standard InChI is InChI=1S/C26H40Br4N4O/c1-3-4-5-6-7-8-9-10-11-12-13-14-15-16-17-18-19-33(2)26(35)34-25-23(30)21(28)20(27)22(29)24(25)31-32-34/h3-19H2,1-2H3. The zero-order valence-corrected chi connectivity index (χ0v) is 27.6. The summed E-state index contributed by atoms with van der Waals surface area (Å²) in [6.07, 6.45) is 21.5. The van der Waals surface area contributed by atoms with E-state index in [0.29, 0.717) is 11.0 Å². The number of hydrogen-bond donors (Lipinski definition) is 0. The molecule has 0 saturated heterocycles. The fourth-order valence-electron chi connectivity index (χ4n) is 4.32. The van der Waals surface area contributed by atoms with E-state index in [1.165, 1.54) is 94.6 Å². The molecule has 0 fully saturated rings. The monoisotopic (exact) mass is 740 g/mol. The maximum atomic E-state index is 13.0. The summed E-state index contributed by atoms with van der Waals surface area (Å²) >= 11 is 14.2. The first-order valence-corrected chi connectivity index (χ1v) is 16.4. The number of hydrogen-bond acceptors (Lipinski definition) is 3. The molecule has 0 aliphatic rings. The first-order valence-electron chi connectivity index (χ1n) is 13.2. The van der Waals surface area contributed by atoms with Crippen LogP contribution < -0.4 is 0 Å². The molecule has 9 heteroatoms. The van der Waals surface area contributed by atoms with Crippen molar-refractivity contribution in [3.63, 3.8) is 0 Å². The predicted molar refractivity (Wildman–Crippen MR) is 161 cm³/mol. The number of carbonyl (C=O) groups excluding carboxylic acids is 1. The van der Waals surface area contributed by atoms with E-state index in [4.69, 9.17) is 0 Å². The Morgan fingerprint density at radius 3 is 1.60 bits per heavy atom. The lowest BCUT2D eigenvalue weighted by Gasteiger charge is -2.17. The van der Waals surface area contributed by atoms with E-state index in [1.807, 2.05) is 7.05 Å². The number of unbranched alkanes of at least 4 members (excludes halogenated alkanes) is 15. The third-order valence-electron chi connectivity index (χ3n) is 6.52. The summed E-state index contributed by atoms with van der Waals surface area (Å²) in [5.74, 6) is 0. The molecule has 0 spiro atoms. The molecule has 0 aliphatic carbocycles. The van der Waals surface area contributed by atoms with Crippen LogP contribution in [0, 0.1) is 0 Å². The van der Waals surface area contributed by atoms with E-state index in [-0.39, 0.29) is 6.03 Å². The second-order valence-electron chi connectivity index (χ2n) is 9.46. The van der Waals surface area contributed by atoms with Crippen LogP contribution in [0.15, 0.2) is 17.9 Å². The van der Waals surface area contributed by atoms with Crippen LogP contribution in [0.3, 0.4) is 0 Å². The van der Waals surface area contributed by atoms with Crippen molar-refractivity contribution in [2.75, 3.05) is 13.6 Å². The van der Waals surface area contributed by atoms with Crippen molar-refractivity contribution < 1.29 is 4.79 Å². The Balaban J connectivity index is 1.56. The van der Waals surface area contributed by atoms with Gasteiger partial charge in [0.15, 0.2) is 0 Å². The van der Waals surface area contributed by atoms with Crippen LogP contribution in [0.25, 0.3) is 11.0 Å². The first-order chi connectivity index (χ1) is 16.9. The van der Waals surface area contributed by atoms with E-state index in [1.54, 1.807) is 4.90 Å². The number of halogens is 4. The minimum Gasteiger partial charge on any atom is -0.326 e. The molecule has 2 rings (SSSR count). The van der Waals surface area contributed by atoms with Crippen LogP contribution in [0.1, 0.15) is 110 Å². The number of aromatic nitrogens is 3. The molecule has 1 aromatic carbocycles. The van der Waals surface area contributed by atoms with Crippen LogP contribution in [0.5, 0.6) is 0 Å². The molecule has 0 atom stereocenters. The Morgan fingerprint density at radius 2 is 1.11 bits per heavy atom. The first kappa shape index (κ1) is 31.2. The summed E-state index contributed by atoms with van der Waals surface area (Å²) in [5, 5.41) is 8.32. The molecule has 5 nitrogen and oxygen atoms in total. The average molecular weight is 744 g/mol. The van der Waals surface area contributed by atoms with E-state index >= 15 is 0 Å². The third-order valence-corrected chi connectivity index (χ3v) is 11.2. The van der Waals surface area contributed by atoms with E-state index in [9.17, 15) is 4.79 Å². The van der Waals surface area contributed by atoms with Crippen molar-refractivity contribution in [2.24, 2.45) is 0 Å². The fraction of sp³-hybridized carbons (Fsp3) is 0.731. The highest BCUT2D eigenvalue weighted by atomic mass is 79.9. The molecule has 198 valence electrons. The molecule has 1 heterocycles. The van der Waals surface area contributed by atoms with Gasteiger partial charge in [0.05, 0.1) is 8.95 Å². The summed E-state index contributed by atoms with van der Waals surface area (Å²) in [6.45, 7) is 3.00. The number of benzene rings is 1. The van der Waals surface area contributed by atoms with E-state index < -0.39 is 0 Å². The molecule has 2 aromatic rings. The predicted octanol–water partition coefficient (Wildman–Crippen LogP) is 10.6. The van der Waals surface area contributed by atoms with Crippen LogP contribution in [-0.2, 0) is 0 Å². The fourth-order valence-corrected chi connectivity index (χ4v) is 6.64. The summed E-state index contributed by atoms with van der Waals surface area (Å²) in [5.41, 5.74) is 1.28. The Labute approximate surface area is 245 Å². The highest BCUT2D eigenvalue weighted by Crippen LogP contribution is 2.42. The van der Waals surface area contributed by atoms with Gasteiger partial charge < -0.3 is 4.90 Å². The number of amides is 1. The molecule has 0 aliphatic heterocycles. The Morgan fingerprint density at radius 1 is 0.686 bits per heavy atom. The number of fused-ring (bicyclic) bond motifs is 1. The molecule has 1 amide bonds. The Hall–Kier alpha value is 0.0100. The minimum absolute atomic E-state index is 0.171. The second-order valence-corrected chi connectivity index (χ2v) is 12.6. The molecule has 35 heavy (non-hydrogen) atoms. The molecule has 0 bridgehead atoms. The largest absolute Gasteiger partial charge is 0.346 e. The summed E-state index contributed by atoms with van der Waals surface area (Å²) in [7, 11) is 1.83. The molecule has 0 unspecified atom stereocenters. The topological polar surface area (TPSA) is 51.0 Å². The van der Waals surface area contributed by atoms with Gasteiger partial charge in [0.1, 0.15) is 11.0 Å². The second kappa shape index (κ2) is 17.5. The zero-order valence-electron chi connectivity index (χ0n) is 21.2. The van der Waals surface area contributed by atoms with Crippen LogP contribution in [0.4, 0.5) is 4.79 Å². The molecule has 1 aromatic heterocycles. The van der Waals surface area contributed by atoms with Crippen molar-refractivity contribution in [2.45, 2.75) is 110 Å². The molecular formula is C26H40Br4N4O. The Kier molecular flexibility index (Phi) is 15.6. The van der Waals surface area contributed by atoms with Crippen molar-refractivity contribution in [3.05, 3.63) is 17.9 Å². The highest BCUT2D eigenvalue weighted by molar-refractivity contribution is 9.15. The van der Waals surface area contributed by atoms with Gasteiger partial charge in [-0.2, -0.15) is 4.68 Å². The van der Waals surface area contributed by atoms with Crippen molar-refractivity contribution in [1.29, 1.82) is 0 Å². The molecule has 0 radical (unpaired) electrons. The van der Waals surface area contributed by atoms with Gasteiger partial charge in [0, 0.05) is 22.5 Å². The number of carbonyl (C=O) groups is 1. The van der Waals surface area contributed by atoms with Gasteiger partial charge in [-0.1, -0.05) is 108 Å². The van der Waals surface area contributed by atoms with Gasteiger partial charge in [-0.25, -0.2) is 4.79 Å². The molecular weight excluding hydrogens is 704 g/mol. The van der Waals surface area contributed by atoms with Gasteiger partial charge in [-0.05, 0) is 70.1 Å². The van der Waals surface area contributed by atoms with Gasteiger partial charge in [0.25, 0.3) is 0 Å². The van der Waals surface area contributed by atoms with Gasteiger partial charge >= 0.3 is 6.03 Å². The average Bonchev–Trinajstić information content (AvgIpc) is 3.30. The third kappa shape index (κ3) is 10.0. The Bertz CT molecular complexity index is 919. The number of nitrogens with zero attached hydrogens (tertiary/aromatic N) is 4. The lowest BCUT2D eigenvalue weighted by molar-refractivity contribution is 0.206. The van der Waals surface area contributed by atoms with Crippen LogP contribution >= 0.6 is 63.7 Å². The normalized spacial score (nSPS) is 11.5. The maximum absolute atomic E-state index is 13.0. The maximum Gasteiger partial charge on any atom is 0.346 e. The number of rotatable bonds is 17. The summed E-state index contributed by atoms with van der Waals surface area (Å²) in [4.78, 5) is 14.7. The van der Waals surface area contributed by atoms with Gasteiger partial charge in [0.2, 0.25) is 0 Å². The van der Waals surface area contributed by atoms with Crippen LogP contribution in [-0.4, -0.2) is 39.5 Å². The zero-order chi connectivity index (χ0) is 25.6. The van der Waals surface area contributed by atoms with E-state index in [0.717, 1.165) is 37.3 Å². The van der Waals surface area contributed by atoms with Gasteiger partial charge in [-0.3, -0.25) is 0 Å². The van der Waals surface area contributed by atoms with Crippen molar-refractivity contribution >= 4 is 80.8 Å². The van der Waals surface area contributed by atoms with Crippen LogP contribution in [0.2, 0.25) is 0 Å². The van der Waals surface area contributed by atoms with Gasteiger partial charge in [-0.15, -0.1) is 5.10 Å². The SMILES string of the molecule is CCCCCCCCCCCCCCCCCCN(C)C(=O)n1nnc2c(Br)c(Br)c(Br)c(Br)c21. The molecule has 0 saturated carbocycles. The summed E-state index contributed by atoms with van der Waals surface area (Å²) in [6, 6.07) is -0.171. The lowest BCUT2D eigenvalue weighted by atomic mass is 10.0.